The highest BCUT2D eigenvalue weighted by Gasteiger charge is 2.31. The monoisotopic (exact) mass is 492 g/mol. The molecule has 1 amide bonds. The molecule has 1 saturated heterocycles. The molecule has 27 heavy (non-hydrogen) atoms. The quantitative estimate of drug-likeness (QED) is 0.640. The van der Waals surface area contributed by atoms with Gasteiger partial charge < -0.3 is 0 Å². The number of anilines is 1. The number of carbonyl (C=O) groups is 1. The van der Waals surface area contributed by atoms with Crippen LogP contribution < -0.4 is 4.90 Å². The first kappa shape index (κ1) is 20.7. The number of thiazole rings is 1. The molecule has 0 N–H and O–H groups in total. The summed E-state index contributed by atoms with van der Waals surface area (Å²) in [5.41, 5.74) is 0. The van der Waals surface area contributed by atoms with E-state index in [9.17, 15) is 13.2 Å². The molecule has 1 aromatic carbocycles. The second-order valence-electron chi connectivity index (χ2n) is 6.02. The molecular formula is C16H18BrClN4O3S2. The molecule has 0 atom stereocenters. The number of benzene rings is 1. The number of hydrogen-bond acceptors (Lipinski definition) is 6. The molecule has 1 aromatic heterocycles. The number of piperazine rings is 1. The molecule has 2 heterocycles. The lowest BCUT2D eigenvalue weighted by Gasteiger charge is -2.34. The summed E-state index contributed by atoms with van der Waals surface area (Å²) in [6.45, 7) is 1.80. The van der Waals surface area contributed by atoms with Crippen LogP contribution in [0.3, 0.4) is 0 Å². The lowest BCUT2D eigenvalue weighted by molar-refractivity contribution is -0.119. The Hall–Kier alpha value is -1.04. The minimum absolute atomic E-state index is 0.0720. The average Bonchev–Trinajstić information content (AvgIpc) is 3.15. The van der Waals surface area contributed by atoms with Gasteiger partial charge in [-0.05, 0) is 18.2 Å². The Balaban J connectivity index is 1.60. The van der Waals surface area contributed by atoms with Crippen LogP contribution in [0.4, 0.5) is 5.13 Å². The predicted octanol–water partition coefficient (Wildman–Crippen LogP) is 2.53. The third-order valence-electron chi connectivity index (χ3n) is 4.28. The number of halogens is 2. The number of hydrogen-bond donors (Lipinski definition) is 0. The maximum Gasteiger partial charge on any atom is 0.244 e. The number of sulfonamides is 1. The van der Waals surface area contributed by atoms with Crippen LogP contribution in [0.5, 0.6) is 0 Å². The average molecular weight is 494 g/mol. The van der Waals surface area contributed by atoms with Crippen molar-refractivity contribution in [1.82, 2.24) is 14.2 Å². The lowest BCUT2D eigenvalue weighted by atomic mass is 10.3. The van der Waals surface area contributed by atoms with Crippen LogP contribution >= 0.6 is 38.9 Å². The fourth-order valence-electron chi connectivity index (χ4n) is 2.74. The fourth-order valence-corrected chi connectivity index (χ4v) is 5.80. The van der Waals surface area contributed by atoms with E-state index in [0.29, 0.717) is 31.3 Å². The van der Waals surface area contributed by atoms with Crippen LogP contribution in [0.25, 0.3) is 0 Å². The van der Waals surface area contributed by atoms with Gasteiger partial charge in [-0.1, -0.05) is 27.5 Å². The highest BCUT2D eigenvalue weighted by atomic mass is 79.9. The Morgan fingerprint density at radius 2 is 2.04 bits per heavy atom. The van der Waals surface area contributed by atoms with E-state index in [1.165, 1.54) is 26.6 Å². The first-order chi connectivity index (χ1) is 12.8. The zero-order valence-electron chi connectivity index (χ0n) is 14.5. The van der Waals surface area contributed by atoms with Gasteiger partial charge in [-0.25, -0.2) is 13.4 Å². The fraction of sp³-hybridized carbons (Fsp3) is 0.375. The Labute approximate surface area is 175 Å². The van der Waals surface area contributed by atoms with Crippen LogP contribution in [-0.2, 0) is 14.8 Å². The molecule has 3 rings (SSSR count). The topological polar surface area (TPSA) is 73.8 Å². The van der Waals surface area contributed by atoms with Gasteiger partial charge in [-0.3, -0.25) is 14.6 Å². The van der Waals surface area contributed by atoms with Gasteiger partial charge in [0.15, 0.2) is 5.13 Å². The lowest BCUT2D eigenvalue weighted by Crippen LogP contribution is -2.51. The standard InChI is InChI=1S/C16H18BrClN4O3S2/c1-20(16-19-4-9-26-16)15(23)11-21-5-7-22(8-6-21)27(24,25)14-3-2-12(17)10-13(14)18/h2-4,9-10H,5-8,11H2,1H3. The summed E-state index contributed by atoms with van der Waals surface area (Å²) in [7, 11) is -1.97. The van der Waals surface area contributed by atoms with Gasteiger partial charge >= 0.3 is 0 Å². The highest BCUT2D eigenvalue weighted by molar-refractivity contribution is 9.10. The van der Waals surface area contributed by atoms with Crippen molar-refractivity contribution in [2.24, 2.45) is 0 Å². The molecule has 0 saturated carbocycles. The maximum absolute atomic E-state index is 12.8. The molecule has 1 aliphatic rings. The Morgan fingerprint density at radius 1 is 1.33 bits per heavy atom. The van der Waals surface area contributed by atoms with E-state index in [0.717, 1.165) is 4.47 Å². The number of amides is 1. The van der Waals surface area contributed by atoms with E-state index >= 15 is 0 Å². The predicted molar refractivity (Wildman–Crippen MR) is 110 cm³/mol. The molecule has 146 valence electrons. The molecule has 1 aliphatic heterocycles. The van der Waals surface area contributed by atoms with Crippen molar-refractivity contribution in [2.45, 2.75) is 4.90 Å². The van der Waals surface area contributed by atoms with Crippen LogP contribution in [0, 0.1) is 0 Å². The van der Waals surface area contributed by atoms with Crippen molar-refractivity contribution in [2.75, 3.05) is 44.7 Å². The van der Waals surface area contributed by atoms with Crippen molar-refractivity contribution in [3.63, 3.8) is 0 Å². The number of nitrogens with zero attached hydrogens (tertiary/aromatic N) is 4. The zero-order valence-corrected chi connectivity index (χ0v) is 18.5. The third kappa shape index (κ3) is 4.69. The summed E-state index contributed by atoms with van der Waals surface area (Å²) in [5, 5.41) is 2.65. The van der Waals surface area contributed by atoms with Gasteiger partial charge in [0.05, 0.1) is 11.6 Å². The molecule has 0 aliphatic carbocycles. The molecule has 2 aromatic rings. The minimum atomic E-state index is -3.66. The molecule has 0 bridgehead atoms. The minimum Gasteiger partial charge on any atom is -0.292 e. The summed E-state index contributed by atoms with van der Waals surface area (Å²) in [4.78, 5) is 20.1. The van der Waals surface area contributed by atoms with E-state index in [4.69, 9.17) is 11.6 Å². The number of rotatable bonds is 5. The third-order valence-corrected chi connectivity index (χ3v) is 8.00. The zero-order chi connectivity index (χ0) is 19.6. The Bertz CT molecular complexity index is 916. The van der Waals surface area contributed by atoms with Crippen LogP contribution in [0.1, 0.15) is 0 Å². The summed E-state index contributed by atoms with van der Waals surface area (Å²) in [6.07, 6.45) is 1.65. The van der Waals surface area contributed by atoms with Gasteiger partial charge in [0.25, 0.3) is 0 Å². The van der Waals surface area contributed by atoms with E-state index in [2.05, 4.69) is 20.9 Å². The molecule has 1 fully saturated rings. The highest BCUT2D eigenvalue weighted by Crippen LogP contribution is 2.28. The van der Waals surface area contributed by atoms with Crippen molar-refractivity contribution in [3.05, 3.63) is 39.3 Å². The van der Waals surface area contributed by atoms with Crippen molar-refractivity contribution in [3.8, 4) is 0 Å². The van der Waals surface area contributed by atoms with Gasteiger partial charge in [0, 0.05) is 49.3 Å². The molecule has 0 spiro atoms. The molecule has 0 unspecified atom stereocenters. The number of carbonyl (C=O) groups excluding carboxylic acids is 1. The molecule has 0 radical (unpaired) electrons. The van der Waals surface area contributed by atoms with Crippen molar-refractivity contribution < 1.29 is 13.2 Å². The van der Waals surface area contributed by atoms with E-state index in [1.807, 2.05) is 10.3 Å². The van der Waals surface area contributed by atoms with Crippen molar-refractivity contribution in [1.29, 1.82) is 0 Å². The Morgan fingerprint density at radius 3 is 2.63 bits per heavy atom. The summed E-state index contributed by atoms with van der Waals surface area (Å²) in [6, 6.07) is 4.72. The van der Waals surface area contributed by atoms with Gasteiger partial charge in [-0.2, -0.15) is 4.31 Å². The summed E-state index contributed by atoms with van der Waals surface area (Å²) in [5.74, 6) is -0.0720. The number of likely N-dealkylation sites (N-methyl/N-ethyl adjacent to an activating group) is 1. The second-order valence-corrected chi connectivity index (χ2v) is 10.1. The van der Waals surface area contributed by atoms with E-state index in [-0.39, 0.29) is 22.4 Å². The SMILES string of the molecule is CN(C(=O)CN1CCN(S(=O)(=O)c2ccc(Br)cc2Cl)CC1)c1nccs1. The first-order valence-electron chi connectivity index (χ1n) is 8.12. The van der Waals surface area contributed by atoms with Gasteiger partial charge in [0.1, 0.15) is 4.90 Å². The normalized spacial score (nSPS) is 16.4. The van der Waals surface area contributed by atoms with E-state index in [1.54, 1.807) is 25.4 Å². The van der Waals surface area contributed by atoms with E-state index < -0.39 is 10.0 Å². The van der Waals surface area contributed by atoms with Gasteiger partial charge in [-0.15, -0.1) is 11.3 Å². The van der Waals surface area contributed by atoms with Crippen LogP contribution in [-0.4, -0.2) is 68.3 Å². The summed E-state index contributed by atoms with van der Waals surface area (Å²) < 4.78 is 27.8. The largest absolute Gasteiger partial charge is 0.292 e. The van der Waals surface area contributed by atoms with Gasteiger partial charge in [0.2, 0.25) is 15.9 Å². The molecule has 7 nitrogen and oxygen atoms in total. The van der Waals surface area contributed by atoms with Crippen molar-refractivity contribution >= 4 is 59.9 Å². The summed E-state index contributed by atoms with van der Waals surface area (Å²) >= 11 is 10.8. The number of aromatic nitrogens is 1. The maximum atomic E-state index is 12.8. The molecular weight excluding hydrogens is 476 g/mol. The molecule has 11 heteroatoms. The smallest absolute Gasteiger partial charge is 0.244 e. The van der Waals surface area contributed by atoms with Crippen LogP contribution in [0.2, 0.25) is 5.02 Å². The van der Waals surface area contributed by atoms with Crippen LogP contribution in [0.15, 0.2) is 39.1 Å². The first-order valence-corrected chi connectivity index (χ1v) is 11.6. The second kappa shape index (κ2) is 8.54. The Kier molecular flexibility index (Phi) is 6.54.